The van der Waals surface area contributed by atoms with Crippen LogP contribution in [-0.4, -0.2) is 5.16 Å². The van der Waals surface area contributed by atoms with Gasteiger partial charge in [-0.1, -0.05) is 22.8 Å². The number of benzene rings is 1. The first-order chi connectivity index (χ1) is 7.66. The summed E-state index contributed by atoms with van der Waals surface area (Å²) in [5.74, 6) is 0.761. The highest BCUT2D eigenvalue weighted by Gasteiger charge is 2.04. The molecule has 0 aliphatic carbocycles. The zero-order valence-electron chi connectivity index (χ0n) is 8.83. The van der Waals surface area contributed by atoms with Crippen LogP contribution in [0.3, 0.4) is 0 Å². The number of aromatic nitrogens is 1. The van der Waals surface area contributed by atoms with Crippen LogP contribution in [0.1, 0.15) is 11.5 Å². The summed E-state index contributed by atoms with van der Waals surface area (Å²) in [5, 5.41) is 7.48. The molecule has 16 heavy (non-hydrogen) atoms. The van der Waals surface area contributed by atoms with E-state index in [9.17, 15) is 0 Å². The van der Waals surface area contributed by atoms with E-state index in [1.807, 2.05) is 25.1 Å². The Labute approximate surface area is 98.4 Å². The molecule has 0 spiro atoms. The van der Waals surface area contributed by atoms with E-state index in [0.29, 0.717) is 17.3 Å². The van der Waals surface area contributed by atoms with E-state index in [0.717, 1.165) is 17.1 Å². The van der Waals surface area contributed by atoms with E-state index in [2.05, 4.69) is 10.5 Å². The summed E-state index contributed by atoms with van der Waals surface area (Å²) >= 11 is 5.90. The van der Waals surface area contributed by atoms with Crippen molar-refractivity contribution in [3.05, 3.63) is 40.7 Å². The number of halogens is 1. The van der Waals surface area contributed by atoms with Crippen LogP contribution < -0.4 is 11.1 Å². The molecule has 0 amide bonds. The van der Waals surface area contributed by atoms with E-state index in [-0.39, 0.29) is 0 Å². The van der Waals surface area contributed by atoms with E-state index < -0.39 is 0 Å². The summed E-state index contributed by atoms with van der Waals surface area (Å²) in [7, 11) is 0. The van der Waals surface area contributed by atoms with Gasteiger partial charge in [0.1, 0.15) is 0 Å². The van der Waals surface area contributed by atoms with Crippen molar-refractivity contribution in [1.82, 2.24) is 5.16 Å². The molecular weight excluding hydrogens is 226 g/mol. The SMILES string of the molecule is Cc1cc(CNc2cccc(Cl)c2N)on1. The van der Waals surface area contributed by atoms with Crippen molar-refractivity contribution < 1.29 is 4.52 Å². The van der Waals surface area contributed by atoms with E-state index in [4.69, 9.17) is 21.9 Å². The molecule has 2 aromatic rings. The summed E-state index contributed by atoms with van der Waals surface area (Å²) in [5.41, 5.74) is 8.00. The summed E-state index contributed by atoms with van der Waals surface area (Å²) < 4.78 is 5.07. The maximum Gasteiger partial charge on any atom is 0.156 e. The fraction of sp³-hybridized carbons (Fsp3) is 0.182. The predicted molar refractivity (Wildman–Crippen MR) is 64.4 cm³/mol. The summed E-state index contributed by atoms with van der Waals surface area (Å²) in [6, 6.07) is 7.32. The molecule has 2 rings (SSSR count). The van der Waals surface area contributed by atoms with E-state index >= 15 is 0 Å². The van der Waals surface area contributed by atoms with Crippen LogP contribution in [0.4, 0.5) is 11.4 Å². The Kier molecular flexibility index (Phi) is 3.01. The van der Waals surface area contributed by atoms with Crippen molar-refractivity contribution >= 4 is 23.0 Å². The minimum Gasteiger partial charge on any atom is -0.396 e. The summed E-state index contributed by atoms with van der Waals surface area (Å²) in [6.45, 7) is 2.41. The first-order valence-electron chi connectivity index (χ1n) is 4.87. The molecule has 0 atom stereocenters. The van der Waals surface area contributed by atoms with Crippen LogP contribution >= 0.6 is 11.6 Å². The second-order valence-corrected chi connectivity index (χ2v) is 3.90. The van der Waals surface area contributed by atoms with Gasteiger partial charge < -0.3 is 15.6 Å². The average molecular weight is 238 g/mol. The number of nitrogens with zero attached hydrogens (tertiary/aromatic N) is 1. The zero-order chi connectivity index (χ0) is 11.5. The number of anilines is 2. The number of hydrogen-bond donors (Lipinski definition) is 2. The number of nitrogen functional groups attached to an aromatic ring is 1. The molecule has 0 fully saturated rings. The Morgan fingerprint density at radius 1 is 1.50 bits per heavy atom. The lowest BCUT2D eigenvalue weighted by Crippen LogP contribution is -2.01. The highest BCUT2D eigenvalue weighted by molar-refractivity contribution is 6.33. The fourth-order valence-corrected chi connectivity index (χ4v) is 1.55. The zero-order valence-corrected chi connectivity index (χ0v) is 9.58. The molecule has 0 aliphatic rings. The van der Waals surface area contributed by atoms with Crippen molar-refractivity contribution in [2.75, 3.05) is 11.1 Å². The quantitative estimate of drug-likeness (QED) is 0.806. The van der Waals surface area contributed by atoms with Gasteiger partial charge in [0.25, 0.3) is 0 Å². The van der Waals surface area contributed by atoms with Gasteiger partial charge in [0.15, 0.2) is 5.76 Å². The topological polar surface area (TPSA) is 64.1 Å². The summed E-state index contributed by atoms with van der Waals surface area (Å²) in [6.07, 6.45) is 0. The monoisotopic (exact) mass is 237 g/mol. The third-order valence-electron chi connectivity index (χ3n) is 2.18. The van der Waals surface area contributed by atoms with Gasteiger partial charge in [-0.3, -0.25) is 0 Å². The number of para-hydroxylation sites is 1. The molecule has 0 unspecified atom stereocenters. The lowest BCUT2D eigenvalue weighted by atomic mass is 10.2. The lowest BCUT2D eigenvalue weighted by molar-refractivity contribution is 0.384. The van der Waals surface area contributed by atoms with Crippen molar-refractivity contribution in [2.24, 2.45) is 0 Å². The second kappa shape index (κ2) is 4.45. The van der Waals surface area contributed by atoms with Crippen LogP contribution in [0.25, 0.3) is 0 Å². The molecule has 0 radical (unpaired) electrons. The van der Waals surface area contributed by atoms with Gasteiger partial charge >= 0.3 is 0 Å². The molecule has 1 heterocycles. The van der Waals surface area contributed by atoms with Gasteiger partial charge in [0.05, 0.1) is 28.6 Å². The number of hydrogen-bond acceptors (Lipinski definition) is 4. The first kappa shape index (κ1) is 10.8. The number of aryl methyl sites for hydroxylation is 1. The molecule has 0 saturated heterocycles. The first-order valence-corrected chi connectivity index (χ1v) is 5.24. The molecule has 4 nitrogen and oxygen atoms in total. The Hall–Kier alpha value is -1.68. The molecule has 84 valence electrons. The molecule has 3 N–H and O–H groups in total. The average Bonchev–Trinajstić information content (AvgIpc) is 2.67. The predicted octanol–water partition coefficient (Wildman–Crippen LogP) is 2.83. The van der Waals surface area contributed by atoms with E-state index in [1.54, 1.807) is 6.07 Å². The highest BCUT2D eigenvalue weighted by atomic mass is 35.5. The van der Waals surface area contributed by atoms with Crippen molar-refractivity contribution in [1.29, 1.82) is 0 Å². The van der Waals surface area contributed by atoms with Crippen molar-refractivity contribution in [3.63, 3.8) is 0 Å². The van der Waals surface area contributed by atoms with Gasteiger partial charge in [-0.05, 0) is 19.1 Å². The lowest BCUT2D eigenvalue weighted by Gasteiger charge is -2.08. The van der Waals surface area contributed by atoms with Gasteiger partial charge in [-0.15, -0.1) is 0 Å². The third-order valence-corrected chi connectivity index (χ3v) is 2.51. The normalized spacial score (nSPS) is 10.4. The Balaban J connectivity index is 2.07. The van der Waals surface area contributed by atoms with Gasteiger partial charge in [0.2, 0.25) is 0 Å². The summed E-state index contributed by atoms with van der Waals surface area (Å²) in [4.78, 5) is 0. The number of nitrogens with two attached hydrogens (primary N) is 1. The Morgan fingerprint density at radius 2 is 2.31 bits per heavy atom. The minimum atomic E-state index is 0.533. The van der Waals surface area contributed by atoms with Crippen molar-refractivity contribution in [2.45, 2.75) is 13.5 Å². The maximum atomic E-state index is 5.90. The third kappa shape index (κ3) is 2.28. The molecule has 1 aromatic carbocycles. The minimum absolute atomic E-state index is 0.533. The van der Waals surface area contributed by atoms with Crippen molar-refractivity contribution in [3.8, 4) is 0 Å². The largest absolute Gasteiger partial charge is 0.396 e. The number of nitrogens with one attached hydrogen (secondary N) is 1. The molecule has 0 saturated carbocycles. The van der Waals surface area contributed by atoms with Crippen LogP contribution in [0.5, 0.6) is 0 Å². The standard InChI is InChI=1S/C11H12ClN3O/c1-7-5-8(16-15-7)6-14-10-4-2-3-9(12)11(10)13/h2-5,14H,6,13H2,1H3. The second-order valence-electron chi connectivity index (χ2n) is 3.49. The van der Waals surface area contributed by atoms with Gasteiger partial charge in [0, 0.05) is 6.07 Å². The molecule has 5 heteroatoms. The van der Waals surface area contributed by atoms with Crippen LogP contribution in [-0.2, 0) is 6.54 Å². The highest BCUT2D eigenvalue weighted by Crippen LogP contribution is 2.27. The van der Waals surface area contributed by atoms with Gasteiger partial charge in [-0.25, -0.2) is 0 Å². The van der Waals surface area contributed by atoms with Crippen LogP contribution in [0, 0.1) is 6.92 Å². The van der Waals surface area contributed by atoms with Crippen LogP contribution in [0.2, 0.25) is 5.02 Å². The molecule has 1 aromatic heterocycles. The number of rotatable bonds is 3. The smallest absolute Gasteiger partial charge is 0.156 e. The molecule has 0 aliphatic heterocycles. The fourth-order valence-electron chi connectivity index (χ4n) is 1.37. The van der Waals surface area contributed by atoms with E-state index in [1.165, 1.54) is 0 Å². The Bertz CT molecular complexity index is 496. The maximum absolute atomic E-state index is 5.90. The molecular formula is C11H12ClN3O. The van der Waals surface area contributed by atoms with Crippen LogP contribution in [0.15, 0.2) is 28.8 Å². The molecule has 0 bridgehead atoms. The van der Waals surface area contributed by atoms with Gasteiger partial charge in [-0.2, -0.15) is 0 Å². The Morgan fingerprint density at radius 3 is 3.00 bits per heavy atom.